The second-order valence-corrected chi connectivity index (χ2v) is 7.45. The molecule has 1 aliphatic carbocycles. The van der Waals surface area contributed by atoms with Crippen molar-refractivity contribution in [3.8, 4) is 0 Å². The Bertz CT molecular complexity index is 463. The molecule has 0 aromatic rings. The van der Waals surface area contributed by atoms with Crippen LogP contribution in [0.15, 0.2) is 0 Å². The van der Waals surface area contributed by atoms with Crippen LogP contribution in [0.2, 0.25) is 0 Å². The van der Waals surface area contributed by atoms with E-state index in [9.17, 15) is 18.4 Å². The van der Waals surface area contributed by atoms with Crippen LogP contribution in [0.3, 0.4) is 0 Å². The minimum Gasteiger partial charge on any atom is -0.342 e. The van der Waals surface area contributed by atoms with E-state index in [1.54, 1.807) is 9.80 Å². The predicted molar refractivity (Wildman–Crippen MR) is 85.8 cm³/mol. The first-order valence-corrected chi connectivity index (χ1v) is 9.15. The molecule has 5 nitrogen and oxygen atoms in total. The van der Waals surface area contributed by atoms with Crippen LogP contribution < -0.4 is 5.32 Å². The van der Waals surface area contributed by atoms with Crippen LogP contribution in [0.25, 0.3) is 0 Å². The van der Waals surface area contributed by atoms with Crippen molar-refractivity contribution >= 4 is 11.9 Å². The number of alkyl halides is 2. The van der Waals surface area contributed by atoms with Crippen LogP contribution in [0, 0.1) is 11.8 Å². The van der Waals surface area contributed by atoms with Crippen molar-refractivity contribution < 1.29 is 18.4 Å². The fraction of sp³-hybridized carbons (Fsp3) is 0.882. The lowest BCUT2D eigenvalue weighted by Gasteiger charge is -2.43. The third kappa shape index (κ3) is 4.16. The van der Waals surface area contributed by atoms with Gasteiger partial charge in [-0.1, -0.05) is 12.8 Å². The molecule has 0 aromatic heterocycles. The summed E-state index contributed by atoms with van der Waals surface area (Å²) in [5, 5.41) is 3.07. The highest BCUT2D eigenvalue weighted by Crippen LogP contribution is 2.27. The van der Waals surface area contributed by atoms with Crippen LogP contribution in [0.4, 0.5) is 13.6 Å². The Balaban J connectivity index is 1.45. The Morgan fingerprint density at radius 1 is 1.00 bits per heavy atom. The Hall–Kier alpha value is -1.40. The van der Waals surface area contributed by atoms with Gasteiger partial charge in [0.05, 0.1) is 5.92 Å². The molecule has 3 fully saturated rings. The fourth-order valence-electron chi connectivity index (χ4n) is 4.11. The van der Waals surface area contributed by atoms with Gasteiger partial charge in [0.15, 0.2) is 0 Å². The second kappa shape index (κ2) is 7.66. The molecule has 1 saturated carbocycles. The number of hydrogen-bond acceptors (Lipinski definition) is 2. The number of hydrogen-bond donors (Lipinski definition) is 1. The second-order valence-electron chi connectivity index (χ2n) is 7.45. The van der Waals surface area contributed by atoms with Crippen LogP contribution >= 0.6 is 0 Å². The largest absolute Gasteiger partial charge is 0.342 e. The first-order chi connectivity index (χ1) is 11.5. The molecule has 2 saturated heterocycles. The average Bonchev–Trinajstić information content (AvgIpc) is 3.02. The number of carbonyl (C=O) groups excluding carboxylic acids is 2. The Labute approximate surface area is 141 Å². The number of amides is 3. The van der Waals surface area contributed by atoms with Gasteiger partial charge in [0.2, 0.25) is 12.3 Å². The van der Waals surface area contributed by atoms with Crippen molar-refractivity contribution in [2.45, 2.75) is 57.4 Å². The van der Waals surface area contributed by atoms with Crippen molar-refractivity contribution in [3.05, 3.63) is 0 Å². The maximum absolute atomic E-state index is 12.5. The molecule has 0 bridgehead atoms. The van der Waals surface area contributed by atoms with Gasteiger partial charge in [0.25, 0.3) is 0 Å². The highest BCUT2D eigenvalue weighted by Gasteiger charge is 2.38. The standard InChI is InChI=1S/C17H27F2N3O2/c18-15(19)8-12-9-22(10-12)16(23)13-4-3-7-21(11-13)17(24)20-14-5-1-2-6-14/h12-15H,1-11H2,(H,20,24). The van der Waals surface area contributed by atoms with Crippen molar-refractivity contribution in [1.82, 2.24) is 15.1 Å². The summed E-state index contributed by atoms with van der Waals surface area (Å²) in [4.78, 5) is 28.3. The molecule has 7 heteroatoms. The molecule has 0 spiro atoms. The molecule has 0 aromatic carbocycles. The monoisotopic (exact) mass is 343 g/mol. The van der Waals surface area contributed by atoms with Gasteiger partial charge in [0, 0.05) is 38.6 Å². The zero-order valence-electron chi connectivity index (χ0n) is 14.1. The molecule has 0 radical (unpaired) electrons. The van der Waals surface area contributed by atoms with Gasteiger partial charge >= 0.3 is 6.03 Å². The van der Waals surface area contributed by atoms with Gasteiger partial charge in [-0.3, -0.25) is 4.79 Å². The fourth-order valence-corrected chi connectivity index (χ4v) is 4.11. The van der Waals surface area contributed by atoms with Crippen molar-refractivity contribution in [3.63, 3.8) is 0 Å². The van der Waals surface area contributed by atoms with E-state index in [-0.39, 0.29) is 36.2 Å². The molecule has 2 aliphatic heterocycles. The lowest BCUT2D eigenvalue weighted by Crippen LogP contribution is -2.56. The summed E-state index contributed by atoms with van der Waals surface area (Å²) in [5.41, 5.74) is 0. The van der Waals surface area contributed by atoms with Gasteiger partial charge in [-0.25, -0.2) is 13.6 Å². The SMILES string of the molecule is O=C(NC1CCCC1)N1CCCC(C(=O)N2CC(CC(F)F)C2)C1. The van der Waals surface area contributed by atoms with Crippen molar-refractivity contribution in [2.24, 2.45) is 11.8 Å². The van der Waals surface area contributed by atoms with Gasteiger partial charge in [-0.15, -0.1) is 0 Å². The first kappa shape index (κ1) is 17.4. The molecule has 1 atom stereocenters. The number of nitrogens with zero attached hydrogens (tertiary/aromatic N) is 2. The number of urea groups is 1. The molecular weight excluding hydrogens is 316 g/mol. The lowest BCUT2D eigenvalue weighted by molar-refractivity contribution is -0.144. The third-order valence-electron chi connectivity index (χ3n) is 5.52. The van der Waals surface area contributed by atoms with E-state index in [2.05, 4.69) is 5.32 Å². The summed E-state index contributed by atoms with van der Waals surface area (Å²) < 4.78 is 24.7. The van der Waals surface area contributed by atoms with Crippen LogP contribution in [0.1, 0.15) is 44.9 Å². The smallest absolute Gasteiger partial charge is 0.317 e. The van der Waals surface area contributed by atoms with Gasteiger partial charge in [-0.2, -0.15) is 0 Å². The average molecular weight is 343 g/mol. The quantitative estimate of drug-likeness (QED) is 0.852. The van der Waals surface area contributed by atoms with Crippen LogP contribution in [-0.2, 0) is 4.79 Å². The summed E-state index contributed by atoms with van der Waals surface area (Å²) in [5.74, 6) is -0.223. The zero-order chi connectivity index (χ0) is 17.1. The molecule has 3 rings (SSSR count). The molecule has 24 heavy (non-hydrogen) atoms. The summed E-state index contributed by atoms with van der Waals surface area (Å²) in [7, 11) is 0. The highest BCUT2D eigenvalue weighted by atomic mass is 19.3. The zero-order valence-corrected chi connectivity index (χ0v) is 14.1. The Kier molecular flexibility index (Phi) is 5.56. The normalized spacial score (nSPS) is 25.9. The molecule has 136 valence electrons. The van der Waals surface area contributed by atoms with Crippen LogP contribution in [0.5, 0.6) is 0 Å². The summed E-state index contributed by atoms with van der Waals surface area (Å²) >= 11 is 0. The molecule has 3 amide bonds. The third-order valence-corrected chi connectivity index (χ3v) is 5.52. The predicted octanol–water partition coefficient (Wildman–Crippen LogP) is 2.46. The van der Waals surface area contributed by atoms with E-state index in [0.29, 0.717) is 26.2 Å². The molecule has 2 heterocycles. The number of piperidine rings is 1. The van der Waals surface area contributed by atoms with E-state index < -0.39 is 6.43 Å². The molecular formula is C17H27F2N3O2. The molecule has 1 unspecified atom stereocenters. The number of halogens is 2. The molecule has 3 aliphatic rings. The molecule has 1 N–H and O–H groups in total. The minimum absolute atomic E-state index is 0.0267. The summed E-state index contributed by atoms with van der Waals surface area (Å²) in [6.45, 7) is 2.02. The topological polar surface area (TPSA) is 52.7 Å². The van der Waals surface area contributed by atoms with E-state index in [1.807, 2.05) is 0 Å². The Morgan fingerprint density at radius 2 is 1.71 bits per heavy atom. The van der Waals surface area contributed by atoms with E-state index in [0.717, 1.165) is 25.7 Å². The number of nitrogens with one attached hydrogen (secondary N) is 1. The summed E-state index contributed by atoms with van der Waals surface area (Å²) in [6.07, 6.45) is 3.61. The van der Waals surface area contributed by atoms with E-state index in [1.165, 1.54) is 12.8 Å². The number of carbonyl (C=O) groups is 2. The number of likely N-dealkylation sites (tertiary alicyclic amines) is 2. The highest BCUT2D eigenvalue weighted by molar-refractivity contribution is 5.81. The van der Waals surface area contributed by atoms with Crippen LogP contribution in [-0.4, -0.2) is 60.4 Å². The van der Waals surface area contributed by atoms with E-state index in [4.69, 9.17) is 0 Å². The summed E-state index contributed by atoms with van der Waals surface area (Å²) in [6, 6.07) is 0.220. The van der Waals surface area contributed by atoms with Gasteiger partial charge in [0.1, 0.15) is 0 Å². The lowest BCUT2D eigenvalue weighted by atomic mass is 9.91. The maximum atomic E-state index is 12.5. The first-order valence-electron chi connectivity index (χ1n) is 9.15. The minimum atomic E-state index is -2.29. The number of rotatable bonds is 4. The van der Waals surface area contributed by atoms with E-state index >= 15 is 0 Å². The Morgan fingerprint density at radius 3 is 2.38 bits per heavy atom. The maximum Gasteiger partial charge on any atom is 0.317 e. The van der Waals surface area contributed by atoms with Gasteiger partial charge in [-0.05, 0) is 31.6 Å². The van der Waals surface area contributed by atoms with Crippen molar-refractivity contribution in [2.75, 3.05) is 26.2 Å². The van der Waals surface area contributed by atoms with Crippen molar-refractivity contribution in [1.29, 1.82) is 0 Å². The van der Waals surface area contributed by atoms with Gasteiger partial charge < -0.3 is 15.1 Å².